The van der Waals surface area contributed by atoms with Gasteiger partial charge in [0.25, 0.3) is 0 Å². The monoisotopic (exact) mass is 352 g/mol. The number of benzene rings is 1. The fourth-order valence-corrected chi connectivity index (χ4v) is 6.24. The van der Waals surface area contributed by atoms with E-state index in [9.17, 15) is 9.90 Å². The van der Waals surface area contributed by atoms with E-state index in [1.54, 1.807) is 0 Å². The van der Waals surface area contributed by atoms with Crippen molar-refractivity contribution in [1.82, 2.24) is 4.90 Å². The molecule has 5 nitrogen and oxygen atoms in total. The third-order valence-corrected chi connectivity index (χ3v) is 7.32. The van der Waals surface area contributed by atoms with Gasteiger partial charge in [-0.1, -0.05) is 29.8 Å². The zero-order chi connectivity index (χ0) is 18.1. The lowest BCUT2D eigenvalue weighted by Crippen LogP contribution is -2.67. The van der Waals surface area contributed by atoms with Gasteiger partial charge in [-0.3, -0.25) is 14.7 Å². The average molecular weight is 352 g/mol. The molecule has 4 atom stereocenters. The van der Waals surface area contributed by atoms with Crippen LogP contribution in [0.5, 0.6) is 0 Å². The summed E-state index contributed by atoms with van der Waals surface area (Å²) in [4.78, 5) is 20.7. The Morgan fingerprint density at radius 1 is 1.46 bits per heavy atom. The van der Waals surface area contributed by atoms with E-state index in [-0.39, 0.29) is 23.9 Å². The second kappa shape index (κ2) is 5.27. The number of allylic oxidation sites excluding steroid dienone is 1. The number of aliphatic hydroxyl groups excluding tert-OH is 1. The van der Waals surface area contributed by atoms with Crippen LogP contribution in [-0.4, -0.2) is 54.5 Å². The summed E-state index contributed by atoms with van der Waals surface area (Å²) in [6.45, 7) is 3.62. The van der Waals surface area contributed by atoms with Gasteiger partial charge in [-0.2, -0.15) is 0 Å². The maximum Gasteiger partial charge on any atom is 0.320 e. The van der Waals surface area contributed by atoms with Crippen LogP contribution in [0.3, 0.4) is 0 Å². The van der Waals surface area contributed by atoms with Gasteiger partial charge < -0.3 is 9.84 Å². The Hall–Kier alpha value is -1.98. The lowest BCUT2D eigenvalue weighted by molar-refractivity contribution is -0.155. The van der Waals surface area contributed by atoms with Crippen LogP contribution in [0, 0.1) is 11.3 Å². The number of hydrogen-bond donors (Lipinski definition) is 1. The van der Waals surface area contributed by atoms with Crippen LogP contribution < -0.4 is 0 Å². The molecule has 26 heavy (non-hydrogen) atoms. The summed E-state index contributed by atoms with van der Waals surface area (Å²) in [5.41, 5.74) is 2.86. The number of piperidine rings is 1. The molecule has 1 aromatic carbocycles. The quantitative estimate of drug-likeness (QED) is 0.655. The number of methoxy groups -OCH3 is 1. The number of esters is 1. The number of carbonyl (C=O) groups excluding carboxylic acids is 1. The van der Waals surface area contributed by atoms with Crippen molar-refractivity contribution < 1.29 is 14.6 Å². The highest BCUT2D eigenvalue weighted by Gasteiger charge is 2.70. The van der Waals surface area contributed by atoms with Crippen LogP contribution in [0.15, 0.2) is 40.9 Å². The number of aliphatic hydroxyl groups is 1. The maximum atomic E-state index is 13.1. The molecule has 2 saturated heterocycles. The maximum absolute atomic E-state index is 13.1. The molecule has 136 valence electrons. The number of nitrogens with zero attached hydrogens (tertiary/aromatic N) is 2. The topological polar surface area (TPSA) is 62.1 Å². The van der Waals surface area contributed by atoms with Gasteiger partial charge >= 0.3 is 5.97 Å². The zero-order valence-electron chi connectivity index (χ0n) is 15.2. The molecular weight excluding hydrogens is 328 g/mol. The molecule has 5 rings (SSSR count). The lowest BCUT2D eigenvalue weighted by atomic mass is 9.50. The first-order valence-corrected chi connectivity index (χ1v) is 9.41. The van der Waals surface area contributed by atoms with Crippen molar-refractivity contribution in [2.45, 2.75) is 31.2 Å². The number of carbonyl (C=O) groups is 1. The van der Waals surface area contributed by atoms with Crippen molar-refractivity contribution in [3.8, 4) is 0 Å². The summed E-state index contributed by atoms with van der Waals surface area (Å²) in [6.07, 6.45) is 3.92. The Morgan fingerprint density at radius 2 is 2.27 bits per heavy atom. The van der Waals surface area contributed by atoms with E-state index in [1.165, 1.54) is 18.2 Å². The third kappa shape index (κ3) is 1.60. The van der Waals surface area contributed by atoms with E-state index in [4.69, 9.17) is 9.73 Å². The molecule has 4 aliphatic rings. The minimum Gasteiger partial charge on any atom is -0.468 e. The number of aliphatic imine (C=N–C) groups is 1. The second-order valence-corrected chi connectivity index (χ2v) is 7.96. The summed E-state index contributed by atoms with van der Waals surface area (Å²) in [5.74, 6) is -0.403. The molecule has 3 fully saturated rings. The molecule has 1 spiro atoms. The van der Waals surface area contributed by atoms with Gasteiger partial charge in [0.2, 0.25) is 0 Å². The highest BCUT2D eigenvalue weighted by molar-refractivity contribution is 6.17. The Bertz CT molecular complexity index is 861. The van der Waals surface area contributed by atoms with Gasteiger partial charge in [0.05, 0.1) is 30.5 Å². The molecular formula is C21H24N2O3. The fourth-order valence-electron chi connectivity index (χ4n) is 6.24. The minimum absolute atomic E-state index is 0.0505. The largest absolute Gasteiger partial charge is 0.468 e. The lowest BCUT2D eigenvalue weighted by Gasteiger charge is -2.56. The van der Waals surface area contributed by atoms with Crippen LogP contribution in [-0.2, 0) is 14.9 Å². The SMILES string of the molecule is CC=C1CN2CC[C@@]34C(=Nc5ccccc53)[C@@](CO)(C(=O)OC)[C@H]1C[C@H]24. The van der Waals surface area contributed by atoms with Gasteiger partial charge in [0.1, 0.15) is 5.41 Å². The summed E-state index contributed by atoms with van der Waals surface area (Å²) in [6, 6.07) is 8.56. The molecule has 1 saturated carbocycles. The predicted molar refractivity (Wildman–Crippen MR) is 98.6 cm³/mol. The Kier molecular flexibility index (Phi) is 3.29. The van der Waals surface area contributed by atoms with Crippen LogP contribution in [0.1, 0.15) is 25.3 Å². The summed E-state index contributed by atoms with van der Waals surface area (Å²) in [7, 11) is 1.42. The molecule has 1 aromatic rings. The first kappa shape index (κ1) is 16.2. The smallest absolute Gasteiger partial charge is 0.320 e. The predicted octanol–water partition coefficient (Wildman–Crippen LogP) is 2.22. The Morgan fingerprint density at radius 3 is 3.00 bits per heavy atom. The van der Waals surface area contributed by atoms with Crippen molar-refractivity contribution in [2.75, 3.05) is 26.8 Å². The number of ether oxygens (including phenoxy) is 1. The van der Waals surface area contributed by atoms with Crippen molar-refractivity contribution in [3.05, 3.63) is 41.5 Å². The first-order valence-electron chi connectivity index (χ1n) is 9.41. The zero-order valence-corrected chi connectivity index (χ0v) is 15.2. The van der Waals surface area contributed by atoms with Crippen molar-refractivity contribution >= 4 is 17.4 Å². The molecule has 3 heterocycles. The molecule has 0 unspecified atom stereocenters. The molecule has 1 N–H and O–H groups in total. The van der Waals surface area contributed by atoms with Gasteiger partial charge in [-0.15, -0.1) is 0 Å². The summed E-state index contributed by atoms with van der Waals surface area (Å²) >= 11 is 0. The van der Waals surface area contributed by atoms with E-state index in [2.05, 4.69) is 23.1 Å². The van der Waals surface area contributed by atoms with E-state index in [0.717, 1.165) is 37.3 Å². The van der Waals surface area contributed by atoms with Gasteiger partial charge in [0, 0.05) is 25.0 Å². The number of para-hydroxylation sites is 1. The number of hydrogen-bond acceptors (Lipinski definition) is 5. The van der Waals surface area contributed by atoms with Crippen molar-refractivity contribution in [3.63, 3.8) is 0 Å². The first-order chi connectivity index (χ1) is 12.6. The van der Waals surface area contributed by atoms with Gasteiger partial charge in [0.15, 0.2) is 0 Å². The number of fused-ring (bicyclic) bond motifs is 2. The third-order valence-electron chi connectivity index (χ3n) is 7.32. The van der Waals surface area contributed by atoms with Crippen LogP contribution in [0.4, 0.5) is 5.69 Å². The van der Waals surface area contributed by atoms with Gasteiger partial charge in [-0.05, 0) is 31.4 Å². The normalized spacial score (nSPS) is 38.7. The highest BCUT2D eigenvalue weighted by Crippen LogP contribution is 2.63. The van der Waals surface area contributed by atoms with Crippen molar-refractivity contribution in [2.24, 2.45) is 16.3 Å². The summed E-state index contributed by atoms with van der Waals surface area (Å²) in [5, 5.41) is 10.6. The van der Waals surface area contributed by atoms with E-state index < -0.39 is 5.41 Å². The van der Waals surface area contributed by atoms with E-state index >= 15 is 0 Å². The second-order valence-electron chi connectivity index (χ2n) is 7.96. The molecule has 0 aromatic heterocycles. The Labute approximate surface area is 153 Å². The Balaban J connectivity index is 1.83. The molecule has 3 aliphatic heterocycles. The molecule has 2 bridgehead atoms. The van der Waals surface area contributed by atoms with Crippen LogP contribution in [0.25, 0.3) is 0 Å². The van der Waals surface area contributed by atoms with Gasteiger partial charge in [-0.25, -0.2) is 0 Å². The highest BCUT2D eigenvalue weighted by atomic mass is 16.5. The van der Waals surface area contributed by atoms with Crippen molar-refractivity contribution in [1.29, 1.82) is 0 Å². The average Bonchev–Trinajstić information content (AvgIpc) is 3.24. The molecule has 0 amide bonds. The molecule has 0 radical (unpaired) electrons. The standard InChI is InChI=1S/C21H24N2O3/c1-3-13-11-23-9-8-20-14-6-4-5-7-16(14)22-18(20)21(12-24,19(25)26-2)15(13)10-17(20)23/h3-7,15,17,24H,8-12H2,1-2H3/t15-,17-,20+,21-/m0/s1. The van der Waals surface area contributed by atoms with Crippen LogP contribution in [0.2, 0.25) is 0 Å². The summed E-state index contributed by atoms with van der Waals surface area (Å²) < 4.78 is 5.26. The molecule has 5 heteroatoms. The minimum atomic E-state index is -1.08. The molecule has 1 aliphatic carbocycles. The van der Waals surface area contributed by atoms with E-state index in [1.807, 2.05) is 19.1 Å². The van der Waals surface area contributed by atoms with Crippen LogP contribution >= 0.6 is 0 Å². The fraction of sp³-hybridized carbons (Fsp3) is 0.524. The van der Waals surface area contributed by atoms with E-state index in [0.29, 0.717) is 6.04 Å². The number of rotatable bonds is 2.